The van der Waals surface area contributed by atoms with Crippen molar-refractivity contribution in [1.82, 2.24) is 19.6 Å². The van der Waals surface area contributed by atoms with E-state index in [9.17, 15) is 0 Å². The van der Waals surface area contributed by atoms with Gasteiger partial charge in [0.1, 0.15) is 12.1 Å². The van der Waals surface area contributed by atoms with Gasteiger partial charge in [-0.25, -0.2) is 4.98 Å². The third-order valence-electron chi connectivity index (χ3n) is 4.40. The first-order valence-electron chi connectivity index (χ1n) is 8.13. The minimum atomic E-state index is 0.320. The van der Waals surface area contributed by atoms with Crippen LogP contribution < -0.4 is 15.0 Å². The lowest BCUT2D eigenvalue weighted by Gasteiger charge is -2.35. The molecule has 3 aromatic rings. The van der Waals surface area contributed by atoms with Crippen LogP contribution in [0.15, 0.2) is 43.0 Å². The molecule has 124 valence electrons. The molecular formula is C17H20N6O. The van der Waals surface area contributed by atoms with Gasteiger partial charge in [0.15, 0.2) is 5.82 Å². The van der Waals surface area contributed by atoms with Gasteiger partial charge in [0, 0.05) is 43.3 Å². The first kappa shape index (κ1) is 14.7. The highest BCUT2D eigenvalue weighted by Gasteiger charge is 2.21. The van der Waals surface area contributed by atoms with E-state index in [1.165, 1.54) is 5.69 Å². The van der Waals surface area contributed by atoms with Crippen molar-refractivity contribution < 1.29 is 4.74 Å². The SMILES string of the molecule is COc1cccc(N2CCC[C@@H](Nc3nccn4cnnc34)C2)c1. The van der Waals surface area contributed by atoms with Crippen LogP contribution in [0.3, 0.4) is 0 Å². The van der Waals surface area contributed by atoms with Crippen LogP contribution in [0.4, 0.5) is 11.5 Å². The van der Waals surface area contributed by atoms with E-state index in [2.05, 4.69) is 37.5 Å². The van der Waals surface area contributed by atoms with Gasteiger partial charge >= 0.3 is 0 Å². The Morgan fingerprint density at radius 2 is 2.29 bits per heavy atom. The number of ether oxygens (including phenoxy) is 1. The van der Waals surface area contributed by atoms with E-state index < -0.39 is 0 Å². The first-order valence-corrected chi connectivity index (χ1v) is 8.13. The Bertz CT molecular complexity index is 833. The summed E-state index contributed by atoms with van der Waals surface area (Å²) in [6.45, 7) is 1.97. The zero-order valence-corrected chi connectivity index (χ0v) is 13.6. The topological polar surface area (TPSA) is 67.6 Å². The molecule has 1 aromatic carbocycles. The summed E-state index contributed by atoms with van der Waals surface area (Å²) >= 11 is 0. The van der Waals surface area contributed by atoms with Gasteiger partial charge in [-0.2, -0.15) is 0 Å². The smallest absolute Gasteiger partial charge is 0.203 e. The number of hydrogen-bond acceptors (Lipinski definition) is 6. The van der Waals surface area contributed by atoms with Gasteiger partial charge in [0.05, 0.1) is 7.11 Å². The minimum absolute atomic E-state index is 0.320. The van der Waals surface area contributed by atoms with Crippen LogP contribution in [0.25, 0.3) is 5.65 Å². The zero-order chi connectivity index (χ0) is 16.4. The fourth-order valence-corrected chi connectivity index (χ4v) is 3.19. The average Bonchev–Trinajstić information content (AvgIpc) is 3.12. The Kier molecular flexibility index (Phi) is 3.90. The highest BCUT2D eigenvalue weighted by atomic mass is 16.5. The Hall–Kier alpha value is -2.83. The number of hydrogen-bond donors (Lipinski definition) is 1. The van der Waals surface area contributed by atoms with E-state index in [0.717, 1.165) is 43.1 Å². The van der Waals surface area contributed by atoms with E-state index in [1.54, 1.807) is 19.6 Å². The van der Waals surface area contributed by atoms with Gasteiger partial charge in [0.2, 0.25) is 5.65 Å². The Morgan fingerprint density at radius 1 is 1.33 bits per heavy atom. The normalized spacial score (nSPS) is 17.9. The molecule has 7 heteroatoms. The maximum absolute atomic E-state index is 5.34. The van der Waals surface area contributed by atoms with Crippen molar-refractivity contribution in [2.75, 3.05) is 30.4 Å². The molecule has 0 saturated carbocycles. The molecule has 1 N–H and O–H groups in total. The lowest BCUT2D eigenvalue weighted by atomic mass is 10.0. The van der Waals surface area contributed by atoms with Gasteiger partial charge in [-0.05, 0) is 25.0 Å². The Balaban J connectivity index is 1.51. The molecule has 1 fully saturated rings. The average molecular weight is 324 g/mol. The number of methoxy groups -OCH3 is 1. The number of benzene rings is 1. The van der Waals surface area contributed by atoms with Crippen molar-refractivity contribution in [3.05, 3.63) is 43.0 Å². The summed E-state index contributed by atoms with van der Waals surface area (Å²) in [4.78, 5) is 6.81. The lowest BCUT2D eigenvalue weighted by molar-refractivity contribution is 0.414. The second kappa shape index (κ2) is 6.35. The summed E-state index contributed by atoms with van der Waals surface area (Å²) in [5.74, 6) is 1.67. The van der Waals surface area contributed by atoms with Crippen molar-refractivity contribution in [3.8, 4) is 5.75 Å². The third kappa shape index (κ3) is 2.84. The number of aromatic nitrogens is 4. The highest BCUT2D eigenvalue weighted by molar-refractivity contribution is 5.62. The molecule has 2 aromatic heterocycles. The molecule has 7 nitrogen and oxygen atoms in total. The standard InChI is InChI=1S/C17H20N6O/c1-24-15-6-2-5-14(10-15)22-8-3-4-13(11-22)20-16-17-21-19-12-23(17)9-7-18-16/h2,5-7,9-10,12-13H,3-4,8,11H2,1H3,(H,18,20)/t13-/m1/s1. The van der Waals surface area contributed by atoms with E-state index in [0.29, 0.717) is 6.04 Å². The number of anilines is 2. The Labute approximate surface area is 140 Å². The van der Waals surface area contributed by atoms with Crippen LogP contribution in [0.5, 0.6) is 5.75 Å². The second-order valence-corrected chi connectivity index (χ2v) is 5.97. The quantitative estimate of drug-likeness (QED) is 0.794. The molecule has 0 amide bonds. The van der Waals surface area contributed by atoms with Crippen LogP contribution in [-0.4, -0.2) is 45.8 Å². The van der Waals surface area contributed by atoms with Gasteiger partial charge in [0.25, 0.3) is 0 Å². The maximum atomic E-state index is 5.34. The predicted molar refractivity (Wildman–Crippen MR) is 92.6 cm³/mol. The van der Waals surface area contributed by atoms with Crippen molar-refractivity contribution in [2.45, 2.75) is 18.9 Å². The van der Waals surface area contributed by atoms with Gasteiger partial charge in [-0.3, -0.25) is 4.40 Å². The number of nitrogens with one attached hydrogen (secondary N) is 1. The maximum Gasteiger partial charge on any atom is 0.203 e. The summed E-state index contributed by atoms with van der Waals surface area (Å²) in [6.07, 6.45) is 7.54. The van der Waals surface area contributed by atoms with E-state index in [1.807, 2.05) is 22.7 Å². The summed E-state index contributed by atoms with van der Waals surface area (Å²) in [6, 6.07) is 8.53. The molecule has 0 spiro atoms. The lowest BCUT2D eigenvalue weighted by Crippen LogP contribution is -2.42. The summed E-state index contributed by atoms with van der Waals surface area (Å²) in [5.41, 5.74) is 1.95. The Morgan fingerprint density at radius 3 is 3.21 bits per heavy atom. The molecule has 24 heavy (non-hydrogen) atoms. The minimum Gasteiger partial charge on any atom is -0.497 e. The van der Waals surface area contributed by atoms with Gasteiger partial charge < -0.3 is 15.0 Å². The molecule has 1 saturated heterocycles. The molecule has 0 aliphatic carbocycles. The molecule has 0 radical (unpaired) electrons. The van der Waals surface area contributed by atoms with E-state index in [4.69, 9.17) is 4.74 Å². The number of nitrogens with zero attached hydrogens (tertiary/aromatic N) is 5. The number of fused-ring (bicyclic) bond motifs is 1. The monoisotopic (exact) mass is 324 g/mol. The molecule has 1 aliphatic rings. The molecule has 1 aliphatic heterocycles. The van der Waals surface area contributed by atoms with Crippen LogP contribution in [0.1, 0.15) is 12.8 Å². The fourth-order valence-electron chi connectivity index (χ4n) is 3.19. The van der Waals surface area contributed by atoms with Gasteiger partial charge in [-0.15, -0.1) is 10.2 Å². The van der Waals surface area contributed by atoms with Crippen molar-refractivity contribution >= 4 is 17.2 Å². The largest absolute Gasteiger partial charge is 0.497 e. The molecule has 1 atom stereocenters. The van der Waals surface area contributed by atoms with Crippen LogP contribution in [0.2, 0.25) is 0 Å². The van der Waals surface area contributed by atoms with E-state index >= 15 is 0 Å². The van der Waals surface area contributed by atoms with Crippen LogP contribution >= 0.6 is 0 Å². The molecular weight excluding hydrogens is 304 g/mol. The van der Waals surface area contributed by atoms with Crippen LogP contribution in [0, 0.1) is 0 Å². The molecule has 3 heterocycles. The molecule has 0 unspecified atom stereocenters. The summed E-state index contributed by atoms with van der Waals surface area (Å²) in [5, 5.41) is 11.6. The van der Waals surface area contributed by atoms with Gasteiger partial charge in [-0.1, -0.05) is 6.07 Å². The van der Waals surface area contributed by atoms with Crippen molar-refractivity contribution in [1.29, 1.82) is 0 Å². The zero-order valence-electron chi connectivity index (χ0n) is 13.6. The number of rotatable bonds is 4. The summed E-state index contributed by atoms with van der Waals surface area (Å²) in [7, 11) is 1.70. The number of piperidine rings is 1. The fraction of sp³-hybridized carbons (Fsp3) is 0.353. The third-order valence-corrected chi connectivity index (χ3v) is 4.40. The van der Waals surface area contributed by atoms with Crippen molar-refractivity contribution in [2.24, 2.45) is 0 Å². The predicted octanol–water partition coefficient (Wildman–Crippen LogP) is 2.21. The van der Waals surface area contributed by atoms with Crippen LogP contribution in [-0.2, 0) is 0 Å². The second-order valence-electron chi connectivity index (χ2n) is 5.97. The molecule has 4 rings (SSSR count). The first-order chi connectivity index (χ1) is 11.8. The van der Waals surface area contributed by atoms with Crippen molar-refractivity contribution in [3.63, 3.8) is 0 Å². The highest BCUT2D eigenvalue weighted by Crippen LogP contribution is 2.25. The summed E-state index contributed by atoms with van der Waals surface area (Å²) < 4.78 is 7.21. The van der Waals surface area contributed by atoms with E-state index in [-0.39, 0.29) is 0 Å². The molecule has 0 bridgehead atoms.